The Kier molecular flexibility index (Phi) is 2.83. The average Bonchev–Trinajstić information content (AvgIpc) is 2.87. The Morgan fingerprint density at radius 3 is 2.53 bits per heavy atom. The molecule has 0 N–H and O–H groups in total. The summed E-state index contributed by atoms with van der Waals surface area (Å²) in [4.78, 5) is 4.16. The van der Waals surface area contributed by atoms with Crippen LogP contribution in [0.4, 0.5) is 8.78 Å². The Hall–Kier alpha value is -2.50. The van der Waals surface area contributed by atoms with Crippen molar-refractivity contribution in [1.29, 1.82) is 0 Å². The van der Waals surface area contributed by atoms with Crippen molar-refractivity contribution in [2.24, 2.45) is 0 Å². The fourth-order valence-corrected chi connectivity index (χ4v) is 1.86. The van der Waals surface area contributed by atoms with E-state index < -0.39 is 6.61 Å². The number of benzene rings is 1. The van der Waals surface area contributed by atoms with Crippen molar-refractivity contribution in [3.8, 4) is 17.0 Å². The first-order chi connectivity index (χ1) is 9.24. The van der Waals surface area contributed by atoms with Crippen LogP contribution in [0.5, 0.6) is 5.75 Å². The third kappa shape index (κ3) is 2.24. The fourth-order valence-electron chi connectivity index (χ4n) is 1.86. The highest BCUT2D eigenvalue weighted by Gasteiger charge is 2.07. The first-order valence-corrected chi connectivity index (χ1v) is 5.58. The Bertz CT molecular complexity index is 694. The summed E-state index contributed by atoms with van der Waals surface area (Å²) in [5.74, 6) is 0.129. The number of aromatic nitrogens is 3. The Balaban J connectivity index is 2.00. The molecule has 0 bridgehead atoms. The predicted molar refractivity (Wildman–Crippen MR) is 65.1 cm³/mol. The molecule has 0 aliphatic carbocycles. The topological polar surface area (TPSA) is 39.4 Å². The van der Waals surface area contributed by atoms with Gasteiger partial charge in [-0.15, -0.1) is 0 Å². The Morgan fingerprint density at radius 2 is 1.79 bits per heavy atom. The van der Waals surface area contributed by atoms with Gasteiger partial charge in [0.1, 0.15) is 5.75 Å². The van der Waals surface area contributed by atoms with Gasteiger partial charge in [0.25, 0.3) is 0 Å². The zero-order chi connectivity index (χ0) is 13.2. The van der Waals surface area contributed by atoms with Gasteiger partial charge in [-0.05, 0) is 30.3 Å². The molecule has 0 radical (unpaired) electrons. The molecule has 3 rings (SSSR count). The molecule has 0 amide bonds. The molecule has 0 fully saturated rings. The molecule has 0 spiro atoms. The van der Waals surface area contributed by atoms with E-state index in [1.807, 2.05) is 6.07 Å². The van der Waals surface area contributed by atoms with Crippen LogP contribution < -0.4 is 4.74 Å². The molecule has 4 nitrogen and oxygen atoms in total. The molecule has 96 valence electrons. The Morgan fingerprint density at radius 1 is 1.00 bits per heavy atom. The standard InChI is InChI=1S/C13H9F2N3O/c14-13(15)19-10-3-1-9(2-4-10)11-5-7-16-12-6-8-17-18(11)12/h1-8,13H. The molecule has 3 aromatic rings. The van der Waals surface area contributed by atoms with E-state index in [4.69, 9.17) is 0 Å². The van der Waals surface area contributed by atoms with E-state index in [0.29, 0.717) is 0 Å². The van der Waals surface area contributed by atoms with Crippen LogP contribution in [0.15, 0.2) is 48.8 Å². The lowest BCUT2D eigenvalue weighted by Crippen LogP contribution is -2.01. The summed E-state index contributed by atoms with van der Waals surface area (Å²) in [7, 11) is 0. The van der Waals surface area contributed by atoms with Gasteiger partial charge in [0.05, 0.1) is 11.9 Å². The van der Waals surface area contributed by atoms with Crippen molar-refractivity contribution in [2.45, 2.75) is 6.61 Å². The lowest BCUT2D eigenvalue weighted by molar-refractivity contribution is -0.0498. The van der Waals surface area contributed by atoms with E-state index in [2.05, 4.69) is 14.8 Å². The van der Waals surface area contributed by atoms with E-state index in [0.717, 1.165) is 16.9 Å². The third-order valence-electron chi connectivity index (χ3n) is 2.67. The summed E-state index contributed by atoms with van der Waals surface area (Å²) in [5.41, 5.74) is 2.40. The number of nitrogens with zero attached hydrogens (tertiary/aromatic N) is 3. The summed E-state index contributed by atoms with van der Waals surface area (Å²) in [5, 5.41) is 4.17. The van der Waals surface area contributed by atoms with E-state index in [1.54, 1.807) is 35.1 Å². The van der Waals surface area contributed by atoms with Crippen LogP contribution >= 0.6 is 0 Å². The highest BCUT2D eigenvalue weighted by molar-refractivity contribution is 5.62. The van der Waals surface area contributed by atoms with Crippen molar-refractivity contribution in [2.75, 3.05) is 0 Å². The molecule has 2 heterocycles. The largest absolute Gasteiger partial charge is 0.435 e. The van der Waals surface area contributed by atoms with Crippen LogP contribution in [-0.4, -0.2) is 21.2 Å². The molecule has 0 saturated carbocycles. The molecule has 0 aliphatic rings. The maximum Gasteiger partial charge on any atom is 0.387 e. The SMILES string of the molecule is FC(F)Oc1ccc(-c2ccnc3ccnn23)cc1. The first kappa shape index (κ1) is 11.6. The molecular weight excluding hydrogens is 252 g/mol. The summed E-state index contributed by atoms with van der Waals surface area (Å²) >= 11 is 0. The molecule has 0 unspecified atom stereocenters. The van der Waals surface area contributed by atoms with E-state index in [1.165, 1.54) is 12.1 Å². The number of alkyl halides is 2. The smallest absolute Gasteiger partial charge is 0.387 e. The quantitative estimate of drug-likeness (QED) is 0.727. The van der Waals surface area contributed by atoms with E-state index >= 15 is 0 Å². The minimum atomic E-state index is -2.82. The van der Waals surface area contributed by atoms with Crippen molar-refractivity contribution in [3.63, 3.8) is 0 Å². The van der Waals surface area contributed by atoms with Crippen molar-refractivity contribution in [1.82, 2.24) is 14.6 Å². The van der Waals surface area contributed by atoms with Gasteiger partial charge in [-0.25, -0.2) is 9.50 Å². The zero-order valence-corrected chi connectivity index (χ0v) is 9.70. The predicted octanol–water partition coefficient (Wildman–Crippen LogP) is 3.00. The molecule has 0 saturated heterocycles. The molecule has 1 aromatic carbocycles. The third-order valence-corrected chi connectivity index (χ3v) is 2.67. The van der Waals surface area contributed by atoms with Gasteiger partial charge in [0, 0.05) is 17.8 Å². The number of halogens is 2. The average molecular weight is 261 g/mol. The molecule has 0 atom stereocenters. The molecule has 19 heavy (non-hydrogen) atoms. The van der Waals surface area contributed by atoms with Gasteiger partial charge >= 0.3 is 6.61 Å². The van der Waals surface area contributed by atoms with Gasteiger partial charge in [0.15, 0.2) is 5.65 Å². The van der Waals surface area contributed by atoms with Gasteiger partial charge < -0.3 is 4.74 Å². The molecular formula is C13H9F2N3O. The molecule has 2 aromatic heterocycles. The second-order valence-electron chi connectivity index (χ2n) is 3.83. The van der Waals surface area contributed by atoms with Crippen molar-refractivity contribution in [3.05, 3.63) is 48.8 Å². The van der Waals surface area contributed by atoms with Crippen LogP contribution in [-0.2, 0) is 0 Å². The maximum atomic E-state index is 12.1. The monoisotopic (exact) mass is 261 g/mol. The van der Waals surface area contributed by atoms with Crippen molar-refractivity contribution < 1.29 is 13.5 Å². The number of rotatable bonds is 3. The number of hydrogen-bond acceptors (Lipinski definition) is 3. The first-order valence-electron chi connectivity index (χ1n) is 5.58. The van der Waals surface area contributed by atoms with E-state index in [-0.39, 0.29) is 5.75 Å². The fraction of sp³-hybridized carbons (Fsp3) is 0.0769. The van der Waals surface area contributed by atoms with E-state index in [9.17, 15) is 8.78 Å². The van der Waals surface area contributed by atoms with Crippen LogP contribution in [0.1, 0.15) is 0 Å². The summed E-state index contributed by atoms with van der Waals surface area (Å²) in [6.45, 7) is -2.82. The van der Waals surface area contributed by atoms with Crippen LogP contribution in [0.3, 0.4) is 0 Å². The minimum Gasteiger partial charge on any atom is -0.435 e. The van der Waals surface area contributed by atoms with Gasteiger partial charge in [-0.3, -0.25) is 0 Å². The number of ether oxygens (including phenoxy) is 1. The second kappa shape index (κ2) is 4.64. The van der Waals surface area contributed by atoms with Crippen LogP contribution in [0, 0.1) is 0 Å². The summed E-state index contributed by atoms with van der Waals surface area (Å²) in [6.07, 6.45) is 3.33. The van der Waals surface area contributed by atoms with Gasteiger partial charge in [-0.1, -0.05) is 0 Å². The molecule has 0 aliphatic heterocycles. The number of hydrogen-bond donors (Lipinski definition) is 0. The summed E-state index contributed by atoms with van der Waals surface area (Å²) in [6, 6.07) is 10.00. The minimum absolute atomic E-state index is 0.129. The summed E-state index contributed by atoms with van der Waals surface area (Å²) < 4.78 is 30.1. The highest BCUT2D eigenvalue weighted by atomic mass is 19.3. The zero-order valence-electron chi connectivity index (χ0n) is 9.70. The highest BCUT2D eigenvalue weighted by Crippen LogP contribution is 2.23. The van der Waals surface area contributed by atoms with Crippen molar-refractivity contribution >= 4 is 5.65 Å². The number of fused-ring (bicyclic) bond motifs is 1. The van der Waals surface area contributed by atoms with Gasteiger partial charge in [-0.2, -0.15) is 13.9 Å². The maximum absolute atomic E-state index is 12.1. The lowest BCUT2D eigenvalue weighted by atomic mass is 10.1. The van der Waals surface area contributed by atoms with Crippen LogP contribution in [0.2, 0.25) is 0 Å². The van der Waals surface area contributed by atoms with Crippen LogP contribution in [0.25, 0.3) is 16.9 Å². The Labute approximate surface area is 107 Å². The normalized spacial score (nSPS) is 11.1. The lowest BCUT2D eigenvalue weighted by Gasteiger charge is -2.07. The second-order valence-corrected chi connectivity index (χ2v) is 3.83. The molecule has 6 heteroatoms. The van der Waals surface area contributed by atoms with Gasteiger partial charge in [0.2, 0.25) is 0 Å².